The van der Waals surface area contributed by atoms with Crippen LogP contribution in [0, 0.1) is 6.92 Å². The zero-order valence-electron chi connectivity index (χ0n) is 15.0. The largest absolute Gasteiger partial charge is 0.496 e. The number of amides is 1. The second-order valence-corrected chi connectivity index (χ2v) is 6.07. The van der Waals surface area contributed by atoms with Crippen molar-refractivity contribution in [2.45, 2.75) is 26.7 Å². The number of anilines is 1. The molecule has 2 aromatic carbocycles. The predicted octanol–water partition coefficient (Wildman–Crippen LogP) is 3.92. The highest BCUT2D eigenvalue weighted by molar-refractivity contribution is 5.97. The van der Waals surface area contributed by atoms with Gasteiger partial charge in [-0.05, 0) is 36.6 Å². The Morgan fingerprint density at radius 1 is 1.12 bits per heavy atom. The minimum absolute atomic E-state index is 0.274. The minimum atomic E-state index is -0.590. The maximum atomic E-state index is 12.2. The molecule has 25 heavy (non-hydrogen) atoms. The smallest absolute Gasteiger partial charge is 0.342 e. The van der Waals surface area contributed by atoms with Crippen LogP contribution in [0.5, 0.6) is 5.75 Å². The van der Waals surface area contributed by atoms with E-state index in [0.717, 1.165) is 16.8 Å². The highest BCUT2D eigenvalue weighted by Crippen LogP contribution is 2.24. The van der Waals surface area contributed by atoms with E-state index in [1.54, 1.807) is 12.1 Å². The molecule has 0 radical (unpaired) electrons. The molecular weight excluding hydrogens is 318 g/mol. The highest BCUT2D eigenvalue weighted by Gasteiger charge is 2.16. The first kappa shape index (κ1) is 18.5. The fourth-order valence-corrected chi connectivity index (χ4v) is 2.49. The summed E-state index contributed by atoms with van der Waals surface area (Å²) in [6, 6.07) is 12.8. The summed E-state index contributed by atoms with van der Waals surface area (Å²) < 4.78 is 10.3. The molecule has 2 aromatic rings. The molecule has 132 valence electrons. The van der Waals surface area contributed by atoms with Gasteiger partial charge >= 0.3 is 5.97 Å². The molecule has 5 nitrogen and oxygen atoms in total. The Morgan fingerprint density at radius 2 is 1.84 bits per heavy atom. The average molecular weight is 341 g/mol. The van der Waals surface area contributed by atoms with E-state index in [0.29, 0.717) is 11.3 Å². The van der Waals surface area contributed by atoms with Crippen molar-refractivity contribution in [3.8, 4) is 5.75 Å². The van der Waals surface area contributed by atoms with Crippen LogP contribution in [0.3, 0.4) is 0 Å². The van der Waals surface area contributed by atoms with Crippen LogP contribution in [0.1, 0.15) is 41.3 Å². The predicted molar refractivity (Wildman–Crippen MR) is 97.2 cm³/mol. The maximum Gasteiger partial charge on any atom is 0.342 e. The fourth-order valence-electron chi connectivity index (χ4n) is 2.49. The van der Waals surface area contributed by atoms with Crippen molar-refractivity contribution in [1.29, 1.82) is 0 Å². The van der Waals surface area contributed by atoms with Crippen molar-refractivity contribution in [2.24, 2.45) is 0 Å². The van der Waals surface area contributed by atoms with Crippen LogP contribution in [-0.2, 0) is 9.53 Å². The van der Waals surface area contributed by atoms with E-state index in [2.05, 4.69) is 19.2 Å². The molecule has 0 saturated carbocycles. The van der Waals surface area contributed by atoms with Crippen LogP contribution in [0.25, 0.3) is 0 Å². The van der Waals surface area contributed by atoms with Crippen molar-refractivity contribution in [3.63, 3.8) is 0 Å². The summed E-state index contributed by atoms with van der Waals surface area (Å²) in [5.41, 5.74) is 2.97. The molecule has 0 aliphatic carbocycles. The van der Waals surface area contributed by atoms with Crippen LogP contribution >= 0.6 is 0 Å². The second-order valence-electron chi connectivity index (χ2n) is 6.07. The number of esters is 1. The number of methoxy groups -OCH3 is 1. The maximum absolute atomic E-state index is 12.2. The van der Waals surface area contributed by atoms with Gasteiger partial charge in [-0.25, -0.2) is 4.79 Å². The number of carbonyl (C=O) groups is 2. The summed E-state index contributed by atoms with van der Waals surface area (Å²) in [7, 11) is 1.48. The molecule has 5 heteroatoms. The number of rotatable bonds is 6. The number of hydrogen-bond acceptors (Lipinski definition) is 4. The van der Waals surface area contributed by atoms with Crippen LogP contribution in [0.15, 0.2) is 42.5 Å². The van der Waals surface area contributed by atoms with Crippen LogP contribution in [0.4, 0.5) is 5.69 Å². The number of nitrogens with one attached hydrogen (secondary N) is 1. The zero-order chi connectivity index (χ0) is 18.4. The van der Waals surface area contributed by atoms with Gasteiger partial charge in [0.2, 0.25) is 0 Å². The van der Waals surface area contributed by atoms with E-state index in [4.69, 9.17) is 9.47 Å². The van der Waals surface area contributed by atoms with Gasteiger partial charge in [0, 0.05) is 5.69 Å². The van der Waals surface area contributed by atoms with Gasteiger partial charge in [-0.2, -0.15) is 0 Å². The van der Waals surface area contributed by atoms with E-state index < -0.39 is 5.97 Å². The van der Waals surface area contributed by atoms with Gasteiger partial charge in [-0.15, -0.1) is 0 Å². The number of hydrogen-bond donors (Lipinski definition) is 1. The fraction of sp³-hybridized carbons (Fsp3) is 0.300. The van der Waals surface area contributed by atoms with Crippen molar-refractivity contribution >= 4 is 17.6 Å². The van der Waals surface area contributed by atoms with E-state index in [-0.39, 0.29) is 18.4 Å². The molecule has 0 aliphatic heterocycles. The lowest BCUT2D eigenvalue weighted by molar-refractivity contribution is -0.119. The van der Waals surface area contributed by atoms with Gasteiger partial charge < -0.3 is 14.8 Å². The summed E-state index contributed by atoms with van der Waals surface area (Å²) in [5.74, 6) is -0.280. The molecule has 2 rings (SSSR count). The summed E-state index contributed by atoms with van der Waals surface area (Å²) in [6.07, 6.45) is 0. The normalized spacial score (nSPS) is 10.4. The molecule has 0 unspecified atom stereocenters. The number of para-hydroxylation sites is 1. The molecule has 0 spiro atoms. The van der Waals surface area contributed by atoms with Crippen LogP contribution < -0.4 is 10.1 Å². The lowest BCUT2D eigenvalue weighted by Gasteiger charge is -2.14. The lowest BCUT2D eigenvalue weighted by atomic mass is 10.0. The Kier molecular flexibility index (Phi) is 6.17. The van der Waals surface area contributed by atoms with Crippen LogP contribution in [-0.4, -0.2) is 25.6 Å². The Bertz CT molecular complexity index is 768. The molecule has 1 amide bonds. The van der Waals surface area contributed by atoms with E-state index in [1.165, 1.54) is 7.11 Å². The van der Waals surface area contributed by atoms with E-state index in [9.17, 15) is 9.59 Å². The average Bonchev–Trinajstić information content (AvgIpc) is 2.60. The van der Waals surface area contributed by atoms with E-state index in [1.807, 2.05) is 37.3 Å². The summed E-state index contributed by atoms with van der Waals surface area (Å²) >= 11 is 0. The zero-order valence-corrected chi connectivity index (χ0v) is 15.0. The summed E-state index contributed by atoms with van der Waals surface area (Å²) in [4.78, 5) is 24.4. The first-order valence-electron chi connectivity index (χ1n) is 8.13. The van der Waals surface area contributed by atoms with Gasteiger partial charge in [0.25, 0.3) is 5.91 Å². The molecule has 0 aliphatic rings. The van der Waals surface area contributed by atoms with Gasteiger partial charge in [-0.3, -0.25) is 4.79 Å². The van der Waals surface area contributed by atoms with Crippen molar-refractivity contribution in [1.82, 2.24) is 0 Å². The Labute approximate surface area is 148 Å². The Balaban J connectivity index is 2.01. The van der Waals surface area contributed by atoms with Gasteiger partial charge in [0.1, 0.15) is 11.3 Å². The lowest BCUT2D eigenvalue weighted by Crippen LogP contribution is -2.22. The molecule has 0 aromatic heterocycles. The van der Waals surface area contributed by atoms with Crippen molar-refractivity contribution < 1.29 is 19.1 Å². The summed E-state index contributed by atoms with van der Waals surface area (Å²) in [5, 5.41) is 2.79. The van der Waals surface area contributed by atoms with Crippen molar-refractivity contribution in [3.05, 3.63) is 59.2 Å². The standard InChI is InChI=1S/C20H23NO4/c1-13(2)15-7-5-6-8-17(15)21-19(22)12-25-20(23)16-11-14(3)9-10-18(16)24-4/h5-11,13H,12H2,1-4H3,(H,21,22). The molecule has 0 fully saturated rings. The first-order valence-corrected chi connectivity index (χ1v) is 8.13. The third-order valence-corrected chi connectivity index (χ3v) is 3.77. The van der Waals surface area contributed by atoms with E-state index >= 15 is 0 Å². The molecule has 0 saturated heterocycles. The number of aryl methyl sites for hydroxylation is 1. The second kappa shape index (κ2) is 8.33. The molecule has 0 bridgehead atoms. The molecule has 0 heterocycles. The van der Waals surface area contributed by atoms with Gasteiger partial charge in [0.05, 0.1) is 7.11 Å². The summed E-state index contributed by atoms with van der Waals surface area (Å²) in [6.45, 7) is 5.61. The Hall–Kier alpha value is -2.82. The molecular formula is C20H23NO4. The molecule has 1 N–H and O–H groups in total. The van der Waals surface area contributed by atoms with Crippen LogP contribution in [0.2, 0.25) is 0 Å². The van der Waals surface area contributed by atoms with Gasteiger partial charge in [0.15, 0.2) is 6.61 Å². The SMILES string of the molecule is COc1ccc(C)cc1C(=O)OCC(=O)Nc1ccccc1C(C)C. The minimum Gasteiger partial charge on any atom is -0.496 e. The number of carbonyl (C=O) groups excluding carboxylic acids is 2. The van der Waals surface area contributed by atoms with Crippen molar-refractivity contribution in [2.75, 3.05) is 19.0 Å². The molecule has 0 atom stereocenters. The number of benzene rings is 2. The van der Waals surface area contributed by atoms with Gasteiger partial charge in [-0.1, -0.05) is 43.7 Å². The quantitative estimate of drug-likeness (QED) is 0.809. The number of ether oxygens (including phenoxy) is 2. The monoisotopic (exact) mass is 341 g/mol. The topological polar surface area (TPSA) is 64.6 Å². The first-order chi connectivity index (χ1) is 11.9. The third kappa shape index (κ3) is 4.83. The highest BCUT2D eigenvalue weighted by atomic mass is 16.5. The Morgan fingerprint density at radius 3 is 2.52 bits per heavy atom. The third-order valence-electron chi connectivity index (χ3n) is 3.77.